The van der Waals surface area contributed by atoms with E-state index in [1.807, 2.05) is 0 Å². The molecule has 0 spiro atoms. The predicted molar refractivity (Wildman–Crippen MR) is 92.8 cm³/mol. The van der Waals surface area contributed by atoms with Crippen LogP contribution in [0.1, 0.15) is 52.6 Å². The first-order valence-corrected chi connectivity index (χ1v) is 8.11. The minimum absolute atomic E-state index is 1.21. The van der Waals surface area contributed by atoms with Crippen molar-refractivity contribution in [1.29, 1.82) is 0 Å². The smallest absolute Gasteiger partial charge is 0.337 e. The van der Waals surface area contributed by atoms with Crippen molar-refractivity contribution >= 4 is 93.5 Å². The Morgan fingerprint density at radius 1 is 0.500 bits per heavy atom. The lowest BCUT2D eigenvalue weighted by atomic mass is 9.86. The maximum atomic E-state index is 11.6. The summed E-state index contributed by atoms with van der Waals surface area (Å²) in [6.45, 7) is 0. The van der Waals surface area contributed by atoms with E-state index in [1.165, 1.54) is 0 Å². The zero-order chi connectivity index (χ0) is 20.8. The molecule has 1 aromatic rings. The minimum Gasteiger partial charge on any atom is -0.478 e. The fourth-order valence-electron chi connectivity index (χ4n) is 2.17. The molecule has 0 amide bonds. The molecule has 14 heteroatoms. The Morgan fingerprint density at radius 2 is 0.654 bits per heavy atom. The van der Waals surface area contributed by atoms with Gasteiger partial charge in [0.1, 0.15) is 0 Å². The standard InChI is InChI=1S/C12H4Cl6O8/c13-11(14,15)5-1(7(19)20)2(8(21)22)6(12(16,17)18)4(10(25)26)3(5)9(23)24/h(H,19,20)(H,21,22)(H,23,24)(H,25,26). The third-order valence-electron chi connectivity index (χ3n) is 2.92. The largest absolute Gasteiger partial charge is 0.478 e. The van der Waals surface area contributed by atoms with Gasteiger partial charge in [-0.25, -0.2) is 19.2 Å². The summed E-state index contributed by atoms with van der Waals surface area (Å²) in [7, 11) is 0. The van der Waals surface area contributed by atoms with Crippen LogP contribution in [-0.4, -0.2) is 44.3 Å². The van der Waals surface area contributed by atoms with Crippen LogP contribution in [0.4, 0.5) is 0 Å². The van der Waals surface area contributed by atoms with Crippen molar-refractivity contribution in [1.82, 2.24) is 0 Å². The van der Waals surface area contributed by atoms with E-state index in [0.29, 0.717) is 0 Å². The Kier molecular flexibility index (Phi) is 6.56. The molecule has 1 rings (SSSR count). The molecule has 0 unspecified atom stereocenters. The molecule has 4 N–H and O–H groups in total. The third kappa shape index (κ3) is 4.21. The summed E-state index contributed by atoms with van der Waals surface area (Å²) in [5.74, 6) is -8.23. The third-order valence-corrected chi connectivity index (χ3v) is 4.06. The van der Waals surface area contributed by atoms with E-state index < -0.39 is 64.8 Å². The van der Waals surface area contributed by atoms with Crippen LogP contribution in [0.15, 0.2) is 0 Å². The van der Waals surface area contributed by atoms with Gasteiger partial charge in [0.25, 0.3) is 0 Å². The normalized spacial score (nSPS) is 11.9. The minimum atomic E-state index is -2.85. The number of carboxylic acids is 4. The van der Waals surface area contributed by atoms with Gasteiger partial charge in [0.2, 0.25) is 7.59 Å². The number of benzene rings is 1. The van der Waals surface area contributed by atoms with Crippen LogP contribution in [0.2, 0.25) is 0 Å². The summed E-state index contributed by atoms with van der Waals surface area (Å²) in [4.78, 5) is 46.5. The van der Waals surface area contributed by atoms with Crippen LogP contribution in [0.25, 0.3) is 0 Å². The van der Waals surface area contributed by atoms with E-state index in [4.69, 9.17) is 69.6 Å². The fraction of sp³-hybridized carbons (Fsp3) is 0.167. The molecule has 0 fully saturated rings. The molecule has 1 aromatic carbocycles. The summed E-state index contributed by atoms with van der Waals surface area (Å²) in [6, 6.07) is 0. The molecule has 26 heavy (non-hydrogen) atoms. The van der Waals surface area contributed by atoms with E-state index in [9.17, 15) is 39.6 Å². The van der Waals surface area contributed by atoms with Gasteiger partial charge in [-0.3, -0.25) is 0 Å². The highest BCUT2D eigenvalue weighted by molar-refractivity contribution is 6.68. The molecule has 0 saturated heterocycles. The SMILES string of the molecule is O=C(O)c1c(C(=O)O)c(C(Cl)(Cl)Cl)c(C(=O)O)c(C(=O)O)c1C(Cl)(Cl)Cl. The fourth-order valence-corrected chi connectivity index (χ4v) is 3.31. The molecule has 142 valence electrons. The Bertz CT molecular complexity index is 714. The molecule has 0 aromatic heterocycles. The van der Waals surface area contributed by atoms with Crippen molar-refractivity contribution in [2.45, 2.75) is 7.59 Å². The van der Waals surface area contributed by atoms with Gasteiger partial charge in [-0.05, 0) is 0 Å². The first kappa shape index (κ1) is 22.9. The summed E-state index contributed by atoms with van der Waals surface area (Å²) >= 11 is 33.6. The molecule has 0 heterocycles. The molecule has 0 radical (unpaired) electrons. The number of carbonyl (C=O) groups is 4. The number of aromatic carboxylic acids is 4. The van der Waals surface area contributed by atoms with Gasteiger partial charge in [0.05, 0.1) is 22.3 Å². The van der Waals surface area contributed by atoms with E-state index in [-0.39, 0.29) is 0 Å². The summed E-state index contributed by atoms with van der Waals surface area (Å²) in [6.07, 6.45) is 0. The lowest BCUT2D eigenvalue weighted by molar-refractivity contribution is 0.0632. The zero-order valence-electron chi connectivity index (χ0n) is 11.7. The topological polar surface area (TPSA) is 149 Å². The Balaban J connectivity index is 4.61. The number of halogens is 6. The van der Waals surface area contributed by atoms with Crippen LogP contribution in [0, 0.1) is 0 Å². The number of hydrogen-bond acceptors (Lipinski definition) is 4. The van der Waals surface area contributed by atoms with Gasteiger partial charge in [-0.2, -0.15) is 0 Å². The maximum absolute atomic E-state index is 11.6. The molecule has 0 atom stereocenters. The first-order chi connectivity index (χ1) is 11.5. The molecular weight excluding hydrogens is 485 g/mol. The van der Waals surface area contributed by atoms with Crippen molar-refractivity contribution in [3.05, 3.63) is 33.4 Å². The Hall–Kier alpha value is -1.16. The van der Waals surface area contributed by atoms with Gasteiger partial charge in [0, 0.05) is 11.1 Å². The maximum Gasteiger partial charge on any atom is 0.337 e. The zero-order valence-corrected chi connectivity index (χ0v) is 16.2. The molecule has 0 aliphatic carbocycles. The molecule has 0 bridgehead atoms. The van der Waals surface area contributed by atoms with Crippen LogP contribution < -0.4 is 0 Å². The van der Waals surface area contributed by atoms with Crippen LogP contribution in [0.5, 0.6) is 0 Å². The molecular formula is C12H4Cl6O8. The summed E-state index contributed by atoms with van der Waals surface area (Å²) in [5, 5.41) is 37.5. The van der Waals surface area contributed by atoms with Crippen molar-refractivity contribution < 1.29 is 39.6 Å². The summed E-state index contributed by atoms with van der Waals surface area (Å²) in [5.41, 5.74) is -7.81. The van der Waals surface area contributed by atoms with Gasteiger partial charge < -0.3 is 20.4 Å². The lowest BCUT2D eigenvalue weighted by Gasteiger charge is -2.26. The number of rotatable bonds is 4. The molecule has 0 aliphatic heterocycles. The highest BCUT2D eigenvalue weighted by Gasteiger charge is 2.46. The average Bonchev–Trinajstić information content (AvgIpc) is 2.41. The second-order valence-electron chi connectivity index (χ2n) is 4.47. The number of carboxylic acid groups (broad SMARTS) is 4. The molecule has 0 aliphatic rings. The predicted octanol–water partition coefficient (Wildman–Crippen LogP) is 4.13. The van der Waals surface area contributed by atoms with Crippen molar-refractivity contribution in [2.24, 2.45) is 0 Å². The lowest BCUT2D eigenvalue weighted by Crippen LogP contribution is -2.29. The van der Waals surface area contributed by atoms with E-state index in [0.717, 1.165) is 0 Å². The van der Waals surface area contributed by atoms with Crippen LogP contribution >= 0.6 is 69.6 Å². The van der Waals surface area contributed by atoms with E-state index in [1.54, 1.807) is 0 Å². The number of alkyl halides is 6. The van der Waals surface area contributed by atoms with Gasteiger partial charge in [-0.15, -0.1) is 0 Å². The van der Waals surface area contributed by atoms with Crippen molar-refractivity contribution in [3.8, 4) is 0 Å². The van der Waals surface area contributed by atoms with E-state index in [2.05, 4.69) is 0 Å². The Morgan fingerprint density at radius 3 is 0.731 bits per heavy atom. The monoisotopic (exact) mass is 486 g/mol. The highest BCUT2D eigenvalue weighted by Crippen LogP contribution is 2.50. The molecule has 8 nitrogen and oxygen atoms in total. The highest BCUT2D eigenvalue weighted by atomic mass is 35.6. The second kappa shape index (κ2) is 7.46. The van der Waals surface area contributed by atoms with Gasteiger partial charge in [-0.1, -0.05) is 69.6 Å². The summed E-state index contributed by atoms with van der Waals surface area (Å²) < 4.78 is -5.69. The Labute approximate surface area is 173 Å². The van der Waals surface area contributed by atoms with Gasteiger partial charge >= 0.3 is 23.9 Å². The molecule has 0 saturated carbocycles. The second-order valence-corrected chi connectivity index (χ2v) is 9.03. The quantitative estimate of drug-likeness (QED) is 0.462. The number of hydrogen-bond donors (Lipinski definition) is 4. The van der Waals surface area contributed by atoms with E-state index >= 15 is 0 Å². The van der Waals surface area contributed by atoms with Crippen molar-refractivity contribution in [2.75, 3.05) is 0 Å². The first-order valence-electron chi connectivity index (χ1n) is 5.84. The van der Waals surface area contributed by atoms with Gasteiger partial charge in [0.15, 0.2) is 0 Å². The average molecular weight is 489 g/mol. The van der Waals surface area contributed by atoms with Crippen LogP contribution in [-0.2, 0) is 7.59 Å². The van der Waals surface area contributed by atoms with Crippen LogP contribution in [0.3, 0.4) is 0 Å². The van der Waals surface area contributed by atoms with Crippen molar-refractivity contribution in [3.63, 3.8) is 0 Å².